The average molecular weight is 593 g/mol. The Morgan fingerprint density at radius 2 is 1.65 bits per heavy atom. The van der Waals surface area contributed by atoms with Crippen LogP contribution in [-0.4, -0.2) is 86.4 Å². The summed E-state index contributed by atoms with van der Waals surface area (Å²) in [6.45, 7) is 8.29. The van der Waals surface area contributed by atoms with Gasteiger partial charge in [-0.3, -0.25) is 14.4 Å². The van der Waals surface area contributed by atoms with E-state index in [-0.39, 0.29) is 29.8 Å². The molecule has 0 radical (unpaired) electrons. The first-order valence-electron chi connectivity index (χ1n) is 16.0. The van der Waals surface area contributed by atoms with Crippen LogP contribution in [-0.2, 0) is 11.3 Å². The van der Waals surface area contributed by atoms with Crippen LogP contribution in [0.4, 0.5) is 0 Å². The van der Waals surface area contributed by atoms with E-state index < -0.39 is 11.0 Å². The number of amides is 2. The third-order valence-electron chi connectivity index (χ3n) is 10.2. The second-order valence-electron chi connectivity index (χ2n) is 13.7. The minimum atomic E-state index is -1.25. The highest BCUT2D eigenvalue weighted by molar-refractivity contribution is 6.00. The molecule has 2 aromatic rings. The van der Waals surface area contributed by atoms with Crippen molar-refractivity contribution in [2.24, 2.45) is 17.3 Å². The Morgan fingerprint density at radius 3 is 2.30 bits per heavy atom. The Morgan fingerprint density at radius 1 is 0.977 bits per heavy atom. The van der Waals surface area contributed by atoms with Gasteiger partial charge in [-0.15, -0.1) is 0 Å². The molecule has 9 heteroatoms. The zero-order valence-electron chi connectivity index (χ0n) is 26.0. The van der Waals surface area contributed by atoms with Crippen molar-refractivity contribution < 1.29 is 19.9 Å². The molecule has 2 N–H and O–H groups in total. The van der Waals surface area contributed by atoms with Crippen LogP contribution in [0.1, 0.15) is 76.1 Å². The predicted octanol–water partition coefficient (Wildman–Crippen LogP) is 4.26. The molecule has 1 aromatic heterocycles. The zero-order chi connectivity index (χ0) is 30.8. The number of hydroxylamine groups is 2. The van der Waals surface area contributed by atoms with Crippen LogP contribution in [0, 0.1) is 17.3 Å². The zero-order valence-corrected chi connectivity index (χ0v) is 26.0. The van der Waals surface area contributed by atoms with Crippen molar-refractivity contribution in [2.45, 2.75) is 77.9 Å². The minimum Gasteiger partial charge on any atom is -0.387 e. The fraction of sp³-hybridized carbons (Fsp3) is 0.618. The second kappa shape index (κ2) is 12.9. The van der Waals surface area contributed by atoms with Crippen LogP contribution in [0.3, 0.4) is 0 Å². The molecule has 0 bridgehead atoms. The number of carbonyl (C=O) groups excluding carboxylic acids is 2. The molecule has 1 saturated carbocycles. The molecule has 2 saturated heterocycles. The number of likely N-dealkylation sites (tertiary alicyclic amines) is 1. The van der Waals surface area contributed by atoms with Crippen molar-refractivity contribution in [1.82, 2.24) is 19.4 Å². The van der Waals surface area contributed by atoms with E-state index in [0.717, 1.165) is 12.0 Å². The van der Waals surface area contributed by atoms with Gasteiger partial charge in [-0.2, -0.15) is 5.06 Å². The molecule has 9 nitrogen and oxygen atoms in total. The van der Waals surface area contributed by atoms with Crippen LogP contribution in [0.25, 0.3) is 11.1 Å². The molecule has 3 fully saturated rings. The number of rotatable bonds is 7. The van der Waals surface area contributed by atoms with Gasteiger partial charge in [-0.1, -0.05) is 83.2 Å². The van der Waals surface area contributed by atoms with Gasteiger partial charge in [0.1, 0.15) is 0 Å². The van der Waals surface area contributed by atoms with E-state index in [2.05, 4.69) is 0 Å². The fourth-order valence-electron chi connectivity index (χ4n) is 7.25. The number of nitrogens with zero attached hydrogens (tertiary/aromatic N) is 4. The van der Waals surface area contributed by atoms with Crippen LogP contribution in [0.2, 0.25) is 0 Å². The number of hydrogen-bond donors (Lipinski definition) is 2. The average Bonchev–Trinajstić information content (AvgIpc) is 3.00. The maximum Gasteiger partial charge on any atom is 0.256 e. The summed E-state index contributed by atoms with van der Waals surface area (Å²) >= 11 is 0. The number of piperazine rings is 1. The molecule has 2 aliphatic heterocycles. The van der Waals surface area contributed by atoms with Gasteiger partial charge in [-0.25, -0.2) is 0 Å². The van der Waals surface area contributed by atoms with Crippen molar-refractivity contribution in [2.75, 3.05) is 39.3 Å². The lowest BCUT2D eigenvalue weighted by Crippen LogP contribution is -2.61. The molecule has 234 valence electrons. The van der Waals surface area contributed by atoms with Crippen LogP contribution < -0.4 is 5.56 Å². The number of pyridine rings is 1. The Kier molecular flexibility index (Phi) is 9.44. The first kappa shape index (κ1) is 31.4. The van der Waals surface area contributed by atoms with Crippen molar-refractivity contribution in [3.63, 3.8) is 0 Å². The van der Waals surface area contributed by atoms with E-state index in [1.165, 1.54) is 47.8 Å². The van der Waals surface area contributed by atoms with E-state index in [1.54, 1.807) is 11.1 Å². The monoisotopic (exact) mass is 592 g/mol. The van der Waals surface area contributed by atoms with E-state index in [4.69, 9.17) is 0 Å². The lowest BCUT2D eigenvalue weighted by atomic mass is 9.69. The Bertz CT molecular complexity index is 1340. The summed E-state index contributed by atoms with van der Waals surface area (Å²) < 4.78 is 1.47. The molecule has 3 heterocycles. The topological polar surface area (TPSA) is 106 Å². The van der Waals surface area contributed by atoms with E-state index in [9.17, 15) is 24.7 Å². The largest absolute Gasteiger partial charge is 0.387 e. The predicted molar refractivity (Wildman–Crippen MR) is 166 cm³/mol. The van der Waals surface area contributed by atoms with Crippen LogP contribution in [0.15, 0.2) is 47.4 Å². The molecule has 1 aliphatic carbocycles. The van der Waals surface area contributed by atoms with Crippen LogP contribution >= 0.6 is 0 Å². The first-order chi connectivity index (χ1) is 20.5. The maximum atomic E-state index is 13.8. The summed E-state index contributed by atoms with van der Waals surface area (Å²) in [5.74, 6) is 0.525. The molecule has 5 rings (SSSR count). The smallest absolute Gasteiger partial charge is 0.256 e. The number of hydrogen-bond acceptors (Lipinski definition) is 6. The quantitative estimate of drug-likeness (QED) is 0.498. The van der Waals surface area contributed by atoms with Gasteiger partial charge in [-0.05, 0) is 24.3 Å². The summed E-state index contributed by atoms with van der Waals surface area (Å²) in [4.78, 5) is 44.4. The Balaban J connectivity index is 1.37. The van der Waals surface area contributed by atoms with E-state index in [1.807, 2.05) is 56.0 Å². The van der Waals surface area contributed by atoms with Gasteiger partial charge >= 0.3 is 0 Å². The van der Waals surface area contributed by atoms with Crippen molar-refractivity contribution in [3.05, 3.63) is 58.5 Å². The third kappa shape index (κ3) is 6.89. The normalized spacial score (nSPS) is 24.1. The van der Waals surface area contributed by atoms with Gasteiger partial charge in [0.05, 0.1) is 17.7 Å². The lowest BCUT2D eigenvalue weighted by Gasteiger charge is -2.51. The number of benzene rings is 1. The third-order valence-corrected chi connectivity index (χ3v) is 10.2. The molecular formula is C34H48N4O5. The summed E-state index contributed by atoms with van der Waals surface area (Å²) in [6, 6.07) is 10.9. The van der Waals surface area contributed by atoms with E-state index >= 15 is 0 Å². The maximum absolute atomic E-state index is 13.8. The first-order valence-corrected chi connectivity index (χ1v) is 16.0. The van der Waals surface area contributed by atoms with Gasteiger partial charge in [0.25, 0.3) is 11.5 Å². The molecule has 2 amide bonds. The lowest BCUT2D eigenvalue weighted by molar-refractivity contribution is -0.157. The molecule has 0 spiro atoms. The number of aromatic nitrogens is 1. The molecular weight excluding hydrogens is 544 g/mol. The van der Waals surface area contributed by atoms with Crippen molar-refractivity contribution in [1.29, 1.82) is 0 Å². The standard InChI is InChI=1S/C34H48N4O5/c1-25(20-26-10-6-4-7-11-26)31(40)36-15-14-34(42,33(2,3)23-36)24-37-22-29(32(41)35-16-18-38(43)19-17-35)28(21-30(37)39)27-12-8-5-9-13-27/h5,8-9,12-13,21-22,25-26,42-43H,4,6-7,10-11,14-20,23-24H2,1-3H3/t25-,34-/m1/s1. The molecule has 3 aliphatic rings. The molecule has 0 unspecified atom stereocenters. The summed E-state index contributed by atoms with van der Waals surface area (Å²) in [5.41, 5.74) is -0.509. The van der Waals surface area contributed by atoms with E-state index in [0.29, 0.717) is 62.7 Å². The van der Waals surface area contributed by atoms with Gasteiger partial charge < -0.3 is 24.7 Å². The molecule has 1 aromatic carbocycles. The number of aliphatic hydroxyl groups is 1. The number of carbonyl (C=O) groups is 2. The highest BCUT2D eigenvalue weighted by Gasteiger charge is 2.49. The summed E-state index contributed by atoms with van der Waals surface area (Å²) in [7, 11) is 0. The highest BCUT2D eigenvalue weighted by Crippen LogP contribution is 2.41. The Hall–Kier alpha value is -3.01. The highest BCUT2D eigenvalue weighted by atomic mass is 16.5. The van der Waals surface area contributed by atoms with Crippen LogP contribution in [0.5, 0.6) is 0 Å². The fourth-order valence-corrected chi connectivity index (χ4v) is 7.25. The van der Waals surface area contributed by atoms with Gasteiger partial charge in [0.2, 0.25) is 5.91 Å². The summed E-state index contributed by atoms with van der Waals surface area (Å²) in [6.07, 6.45) is 9.10. The molecule has 2 atom stereocenters. The van der Waals surface area contributed by atoms with Gasteiger partial charge in [0.15, 0.2) is 0 Å². The second-order valence-corrected chi connectivity index (χ2v) is 13.7. The van der Waals surface area contributed by atoms with Gasteiger partial charge in [0, 0.05) is 68.4 Å². The molecule has 43 heavy (non-hydrogen) atoms. The van der Waals surface area contributed by atoms with Crippen molar-refractivity contribution >= 4 is 11.8 Å². The minimum absolute atomic E-state index is 0.0261. The SMILES string of the molecule is C[C@H](CC1CCCCC1)C(=O)N1CC[C@@](O)(Cn2cc(C(=O)N3CCN(O)CC3)c(-c3ccccc3)cc2=O)C(C)(C)C1. The number of piperidine rings is 1. The van der Waals surface area contributed by atoms with Crippen molar-refractivity contribution in [3.8, 4) is 11.1 Å². The summed E-state index contributed by atoms with van der Waals surface area (Å²) in [5, 5.41) is 23.1. The Labute approximate surface area is 255 Å².